The summed E-state index contributed by atoms with van der Waals surface area (Å²) < 4.78 is 29.7. The van der Waals surface area contributed by atoms with Crippen molar-refractivity contribution in [2.24, 2.45) is 0 Å². The third-order valence-corrected chi connectivity index (χ3v) is 23.0. The van der Waals surface area contributed by atoms with Gasteiger partial charge in [0.2, 0.25) is 0 Å². The molecule has 0 N–H and O–H groups in total. The minimum absolute atomic E-state index is 0.872. The molecule has 6 nitrogen and oxygen atoms in total. The average molecular weight is 805 g/mol. The van der Waals surface area contributed by atoms with Crippen molar-refractivity contribution in [3.05, 3.63) is 158 Å². The van der Waals surface area contributed by atoms with Gasteiger partial charge in [-0.1, -0.05) is 110 Å². The fourth-order valence-electron chi connectivity index (χ4n) is 11.8. The number of fused-ring (bicyclic) bond motifs is 6. The lowest BCUT2D eigenvalue weighted by Crippen LogP contribution is -2.75. The third-order valence-electron chi connectivity index (χ3n) is 14.1. The second-order valence-corrected chi connectivity index (χ2v) is 24.5. The number of para-hydroxylation sites is 2. The quantitative estimate of drug-likeness (QED) is 0.162. The molecule has 60 heavy (non-hydrogen) atoms. The summed E-state index contributed by atoms with van der Waals surface area (Å²) in [5, 5.41) is 11.7. The third kappa shape index (κ3) is 3.45. The van der Waals surface area contributed by atoms with Crippen molar-refractivity contribution in [3.8, 4) is 46.0 Å². The monoisotopic (exact) mass is 804 g/mol. The van der Waals surface area contributed by atoms with Crippen LogP contribution in [0.1, 0.15) is 0 Å². The van der Waals surface area contributed by atoms with Gasteiger partial charge in [-0.3, -0.25) is 0 Å². The number of ether oxygens (including phenoxy) is 4. The van der Waals surface area contributed by atoms with Gasteiger partial charge in [-0.15, -0.1) is 0 Å². The van der Waals surface area contributed by atoms with Crippen LogP contribution in [0.5, 0.6) is 46.0 Å². The van der Waals surface area contributed by atoms with Crippen molar-refractivity contribution in [1.82, 2.24) is 0 Å². The number of rotatable bonds is 2. The number of benzene rings is 9. The first-order chi connectivity index (χ1) is 29.5. The molecular weight excluding hydrogens is 773 g/mol. The molecular formula is C52H32N2O4Si2. The lowest BCUT2D eigenvalue weighted by molar-refractivity contribution is 0.459. The van der Waals surface area contributed by atoms with Crippen molar-refractivity contribution >= 4 is 103 Å². The molecule has 0 aromatic heterocycles. The molecule has 0 aliphatic carbocycles. The summed E-state index contributed by atoms with van der Waals surface area (Å²) in [7, 11) is -5.98. The summed E-state index contributed by atoms with van der Waals surface area (Å²) in [6.07, 6.45) is 0. The second kappa shape index (κ2) is 10.5. The van der Waals surface area contributed by atoms with Crippen molar-refractivity contribution in [2.45, 2.75) is 13.1 Å². The number of hydrogen-bond donors (Lipinski definition) is 0. The maximum absolute atomic E-state index is 7.71. The molecule has 0 fully saturated rings. The highest BCUT2D eigenvalue weighted by molar-refractivity contribution is 7.17. The minimum Gasteiger partial charge on any atom is -0.457 e. The van der Waals surface area contributed by atoms with E-state index in [4.69, 9.17) is 18.9 Å². The summed E-state index contributed by atoms with van der Waals surface area (Å²) >= 11 is 0. The van der Waals surface area contributed by atoms with E-state index in [2.05, 4.69) is 181 Å². The summed E-state index contributed by atoms with van der Waals surface area (Å²) in [4.78, 5) is 4.90. The molecule has 0 radical (unpaired) electrons. The van der Waals surface area contributed by atoms with Crippen LogP contribution in [0.2, 0.25) is 13.1 Å². The Morgan fingerprint density at radius 2 is 0.750 bits per heavy atom. The standard InChI is InChI=1S/C52H32N2O4Si2/c1-59-47-35-23-13-25-37(47)55-43-33-21-11-9-15-29(33)27-39(49(43)59)57-45-42-52-46(41(51(45)59)53(35)31-17-5-3-6-18-31)58-40-28-30-16-10-12-22-34(30)44-50(40)60(52,2)48-36(24-14-26-38(48)56-44)54(42)32-19-7-4-8-20-32/h3-28H,1-2H3. The zero-order valence-electron chi connectivity index (χ0n) is 32.5. The van der Waals surface area contributed by atoms with Crippen LogP contribution in [-0.4, -0.2) is 16.1 Å². The van der Waals surface area contributed by atoms with Gasteiger partial charge in [0.05, 0.1) is 11.4 Å². The molecule has 6 aliphatic heterocycles. The molecule has 0 saturated carbocycles. The normalized spacial score (nSPS) is 19.4. The Labute approximate surface area is 347 Å². The maximum atomic E-state index is 7.71. The van der Waals surface area contributed by atoms with Gasteiger partial charge in [0.15, 0.2) is 27.6 Å². The van der Waals surface area contributed by atoms with E-state index < -0.39 is 16.1 Å². The molecule has 2 unspecified atom stereocenters. The molecule has 9 aromatic carbocycles. The molecule has 15 rings (SSSR count). The SMILES string of the molecule is C[Si]12c3c4cccc3N(c3ccccc3)c3c5c6c(c(c31)Oc1cc3ccccc3c(c12)O4)N(c1ccccc1)c1cccc2c1[Si]6(C)c1c(cc3ccccc3c1O2)O5. The summed E-state index contributed by atoms with van der Waals surface area (Å²) in [5.74, 6) is 7.18. The lowest BCUT2D eigenvalue weighted by atomic mass is 10.0. The smallest absolute Gasteiger partial charge is 0.170 e. The van der Waals surface area contributed by atoms with Crippen LogP contribution in [0.15, 0.2) is 158 Å². The van der Waals surface area contributed by atoms with E-state index in [1.54, 1.807) is 0 Å². The van der Waals surface area contributed by atoms with E-state index in [1.807, 2.05) is 0 Å². The average Bonchev–Trinajstić information content (AvgIpc) is 3.27. The van der Waals surface area contributed by atoms with E-state index in [-0.39, 0.29) is 0 Å². The van der Waals surface area contributed by atoms with E-state index in [1.165, 1.54) is 31.1 Å². The Bertz CT molecular complexity index is 3270. The fraction of sp³-hybridized carbons (Fsp3) is 0.0385. The van der Waals surface area contributed by atoms with E-state index in [0.717, 1.165) is 102 Å². The molecule has 0 saturated heterocycles. The maximum Gasteiger partial charge on any atom is 0.170 e. The predicted octanol–water partition coefficient (Wildman–Crippen LogP) is 10.2. The van der Waals surface area contributed by atoms with Crippen molar-refractivity contribution in [1.29, 1.82) is 0 Å². The van der Waals surface area contributed by atoms with Crippen LogP contribution in [0, 0.1) is 0 Å². The van der Waals surface area contributed by atoms with Gasteiger partial charge in [0.25, 0.3) is 0 Å². The zero-order valence-corrected chi connectivity index (χ0v) is 34.5. The zero-order chi connectivity index (χ0) is 39.2. The summed E-state index contributed by atoms with van der Waals surface area (Å²) in [6, 6.07) is 56.4. The van der Waals surface area contributed by atoms with E-state index >= 15 is 0 Å². The Morgan fingerprint density at radius 3 is 1.20 bits per heavy atom. The topological polar surface area (TPSA) is 43.4 Å². The van der Waals surface area contributed by atoms with Gasteiger partial charge < -0.3 is 28.7 Å². The molecule has 282 valence electrons. The van der Waals surface area contributed by atoms with E-state index in [0.29, 0.717) is 0 Å². The van der Waals surface area contributed by atoms with Crippen LogP contribution in [0.4, 0.5) is 34.1 Å². The van der Waals surface area contributed by atoms with Crippen molar-refractivity contribution in [2.75, 3.05) is 9.80 Å². The first-order valence-electron chi connectivity index (χ1n) is 20.6. The molecule has 6 aliphatic rings. The van der Waals surface area contributed by atoms with Gasteiger partial charge >= 0.3 is 0 Å². The van der Waals surface area contributed by atoms with Gasteiger partial charge in [0.1, 0.15) is 34.5 Å². The predicted molar refractivity (Wildman–Crippen MR) is 245 cm³/mol. The molecule has 0 spiro atoms. The highest BCUT2D eigenvalue weighted by atomic mass is 28.3. The van der Waals surface area contributed by atoms with Crippen LogP contribution >= 0.6 is 0 Å². The van der Waals surface area contributed by atoms with Gasteiger partial charge in [-0.25, -0.2) is 0 Å². The lowest BCUT2D eigenvalue weighted by Gasteiger charge is -2.54. The Balaban J connectivity index is 1.19. The van der Waals surface area contributed by atoms with E-state index in [9.17, 15) is 0 Å². The minimum atomic E-state index is -2.99. The fourth-order valence-corrected chi connectivity index (χ4v) is 21.2. The Kier molecular flexibility index (Phi) is 5.53. The number of hydrogen-bond acceptors (Lipinski definition) is 6. The van der Waals surface area contributed by atoms with Gasteiger partial charge in [-0.05, 0) is 71.4 Å². The van der Waals surface area contributed by atoms with Crippen molar-refractivity contribution < 1.29 is 18.9 Å². The highest BCUT2D eigenvalue weighted by Crippen LogP contribution is 2.60. The number of anilines is 6. The summed E-state index contributed by atoms with van der Waals surface area (Å²) in [6.45, 7) is 5.05. The molecule has 9 aromatic rings. The van der Waals surface area contributed by atoms with Crippen LogP contribution in [0.3, 0.4) is 0 Å². The molecule has 0 bridgehead atoms. The van der Waals surface area contributed by atoms with Crippen LogP contribution in [-0.2, 0) is 0 Å². The second-order valence-electron chi connectivity index (χ2n) is 17.0. The van der Waals surface area contributed by atoms with Crippen molar-refractivity contribution in [3.63, 3.8) is 0 Å². The van der Waals surface area contributed by atoms with Gasteiger partial charge in [-0.2, -0.15) is 0 Å². The largest absolute Gasteiger partial charge is 0.457 e. The first kappa shape index (κ1) is 31.7. The highest BCUT2D eigenvalue weighted by Gasteiger charge is 2.63. The van der Waals surface area contributed by atoms with Crippen LogP contribution < -0.4 is 59.9 Å². The number of nitrogens with zero attached hydrogens (tertiary/aromatic N) is 2. The first-order valence-corrected chi connectivity index (χ1v) is 25.6. The molecule has 6 heterocycles. The molecule has 2 atom stereocenters. The van der Waals surface area contributed by atoms with Crippen LogP contribution in [0.25, 0.3) is 21.5 Å². The molecule has 0 amide bonds. The van der Waals surface area contributed by atoms with Gasteiger partial charge in [0, 0.05) is 64.6 Å². The Morgan fingerprint density at radius 1 is 0.350 bits per heavy atom. The summed E-state index contributed by atoms with van der Waals surface area (Å²) in [5.41, 5.74) is 6.49. The Hall–Kier alpha value is -7.27. The molecule has 8 heteroatoms.